The van der Waals surface area contributed by atoms with Gasteiger partial charge in [-0.1, -0.05) is 6.07 Å². The van der Waals surface area contributed by atoms with Gasteiger partial charge in [0.2, 0.25) is 0 Å². The Balaban J connectivity index is 1.61. The molecule has 1 aromatic carbocycles. The highest BCUT2D eigenvalue weighted by atomic mass is 32.1. The molecule has 1 aliphatic rings. The van der Waals surface area contributed by atoms with Crippen molar-refractivity contribution in [2.45, 2.75) is 25.3 Å². The van der Waals surface area contributed by atoms with E-state index in [-0.39, 0.29) is 17.8 Å². The lowest BCUT2D eigenvalue weighted by molar-refractivity contribution is 0.0928. The summed E-state index contributed by atoms with van der Waals surface area (Å²) in [5.41, 5.74) is 6.82. The minimum absolute atomic E-state index is 0.0363. The van der Waals surface area contributed by atoms with Gasteiger partial charge in [0.25, 0.3) is 5.91 Å². The van der Waals surface area contributed by atoms with E-state index in [4.69, 9.17) is 5.73 Å². The molecule has 0 saturated carbocycles. The van der Waals surface area contributed by atoms with Crippen LogP contribution in [-0.4, -0.2) is 36.6 Å². The molecule has 3 rings (SSSR count). The van der Waals surface area contributed by atoms with Crippen molar-refractivity contribution in [2.24, 2.45) is 5.73 Å². The van der Waals surface area contributed by atoms with E-state index in [1.165, 1.54) is 23.5 Å². The van der Waals surface area contributed by atoms with Crippen LogP contribution in [0.5, 0.6) is 0 Å². The zero-order valence-electron chi connectivity index (χ0n) is 13.4. The molecule has 7 heteroatoms. The fourth-order valence-corrected chi connectivity index (χ4v) is 3.71. The number of benzene rings is 1. The first-order valence-corrected chi connectivity index (χ1v) is 8.99. The molecule has 5 nitrogen and oxygen atoms in total. The number of hydrogen-bond donors (Lipinski definition) is 2. The van der Waals surface area contributed by atoms with E-state index in [1.54, 1.807) is 11.4 Å². The van der Waals surface area contributed by atoms with E-state index in [9.17, 15) is 9.18 Å². The van der Waals surface area contributed by atoms with Crippen LogP contribution in [0.4, 0.5) is 10.1 Å². The average Bonchev–Trinajstić information content (AvgIpc) is 3.04. The van der Waals surface area contributed by atoms with E-state index in [0.29, 0.717) is 25.2 Å². The van der Waals surface area contributed by atoms with Crippen molar-refractivity contribution >= 4 is 22.9 Å². The molecule has 0 radical (unpaired) electrons. The smallest absolute Gasteiger partial charge is 0.271 e. The van der Waals surface area contributed by atoms with Crippen LogP contribution in [0, 0.1) is 5.82 Å². The molecule has 0 aliphatic carbocycles. The highest BCUT2D eigenvalue weighted by molar-refractivity contribution is 7.09. The van der Waals surface area contributed by atoms with Crippen LogP contribution in [0.15, 0.2) is 29.6 Å². The van der Waals surface area contributed by atoms with Crippen molar-refractivity contribution in [1.29, 1.82) is 0 Å². The fraction of sp³-hybridized carbons (Fsp3) is 0.412. The van der Waals surface area contributed by atoms with Gasteiger partial charge in [0.05, 0.1) is 5.01 Å². The molecule has 3 N–H and O–H groups in total. The maximum Gasteiger partial charge on any atom is 0.271 e. The van der Waals surface area contributed by atoms with Gasteiger partial charge in [0, 0.05) is 36.6 Å². The monoisotopic (exact) mass is 348 g/mol. The summed E-state index contributed by atoms with van der Waals surface area (Å²) >= 11 is 1.46. The summed E-state index contributed by atoms with van der Waals surface area (Å²) in [5, 5.41) is 5.70. The Labute approximate surface area is 144 Å². The number of nitrogens with two attached hydrogens (primary N) is 1. The van der Waals surface area contributed by atoms with Gasteiger partial charge in [-0.25, -0.2) is 9.37 Å². The lowest BCUT2D eigenvalue weighted by Gasteiger charge is -2.34. The largest absolute Gasteiger partial charge is 0.369 e. The molecule has 24 heavy (non-hydrogen) atoms. The van der Waals surface area contributed by atoms with Crippen LogP contribution in [0.2, 0.25) is 0 Å². The number of rotatable bonds is 5. The molecule has 1 saturated heterocycles. The Morgan fingerprint density at radius 2 is 2.38 bits per heavy atom. The highest BCUT2D eigenvalue weighted by Gasteiger charge is 2.23. The minimum atomic E-state index is -0.242. The Morgan fingerprint density at radius 3 is 3.17 bits per heavy atom. The van der Waals surface area contributed by atoms with E-state index in [1.807, 2.05) is 6.07 Å². The van der Waals surface area contributed by atoms with Gasteiger partial charge in [0.15, 0.2) is 0 Å². The quantitative estimate of drug-likeness (QED) is 0.869. The molecular weight excluding hydrogens is 327 g/mol. The van der Waals surface area contributed by atoms with Crippen molar-refractivity contribution in [2.75, 3.05) is 24.5 Å². The molecule has 1 atom stereocenters. The molecule has 1 unspecified atom stereocenters. The maximum atomic E-state index is 13.4. The summed E-state index contributed by atoms with van der Waals surface area (Å²) in [6, 6.07) is 6.61. The second-order valence-corrected chi connectivity index (χ2v) is 6.85. The number of nitrogens with one attached hydrogen (secondary N) is 1. The van der Waals surface area contributed by atoms with Gasteiger partial charge in [-0.05, 0) is 37.6 Å². The van der Waals surface area contributed by atoms with Gasteiger partial charge in [-0.3, -0.25) is 4.79 Å². The summed E-state index contributed by atoms with van der Waals surface area (Å²) in [4.78, 5) is 18.8. The standard InChI is InChI=1S/C17H21FN4OS/c18-12-3-1-5-14(9-12)22-8-2-4-13(10-22)20-17(23)15-11-24-16(21-15)6-7-19/h1,3,5,9,11,13H,2,4,6-8,10,19H2,(H,20,23). The Bertz CT molecular complexity index is 705. The van der Waals surface area contributed by atoms with Crippen molar-refractivity contribution < 1.29 is 9.18 Å². The number of hydrogen-bond acceptors (Lipinski definition) is 5. The topological polar surface area (TPSA) is 71.2 Å². The van der Waals surface area contributed by atoms with Crippen LogP contribution >= 0.6 is 11.3 Å². The number of anilines is 1. The second-order valence-electron chi connectivity index (χ2n) is 5.90. The third-order valence-electron chi connectivity index (χ3n) is 4.07. The zero-order chi connectivity index (χ0) is 16.9. The Morgan fingerprint density at radius 1 is 1.50 bits per heavy atom. The number of thiazole rings is 1. The van der Waals surface area contributed by atoms with Crippen LogP contribution < -0.4 is 16.0 Å². The molecule has 2 heterocycles. The van der Waals surface area contributed by atoms with Gasteiger partial charge >= 0.3 is 0 Å². The first kappa shape index (κ1) is 16.9. The Kier molecular flexibility index (Phi) is 5.42. The predicted octanol–water partition coefficient (Wildman–Crippen LogP) is 2.18. The molecule has 0 spiro atoms. The molecule has 1 aromatic heterocycles. The minimum Gasteiger partial charge on any atom is -0.369 e. The molecule has 0 bridgehead atoms. The molecule has 1 fully saturated rings. The van der Waals surface area contributed by atoms with Crippen LogP contribution in [0.1, 0.15) is 28.3 Å². The molecule has 128 valence electrons. The van der Waals surface area contributed by atoms with Gasteiger partial charge in [0.1, 0.15) is 11.5 Å². The number of piperidine rings is 1. The third-order valence-corrected chi connectivity index (χ3v) is 4.98. The van der Waals surface area contributed by atoms with Gasteiger partial charge in [-0.2, -0.15) is 0 Å². The summed E-state index contributed by atoms with van der Waals surface area (Å²) in [7, 11) is 0. The molecule has 1 aliphatic heterocycles. The summed E-state index contributed by atoms with van der Waals surface area (Å²) in [6.07, 6.45) is 2.56. The number of carbonyl (C=O) groups is 1. The predicted molar refractivity (Wildman–Crippen MR) is 94.0 cm³/mol. The molecular formula is C17H21FN4OS. The number of aromatic nitrogens is 1. The first-order chi connectivity index (χ1) is 11.7. The Hall–Kier alpha value is -1.99. The van der Waals surface area contributed by atoms with Crippen molar-refractivity contribution in [1.82, 2.24) is 10.3 Å². The van der Waals surface area contributed by atoms with Gasteiger partial charge in [-0.15, -0.1) is 11.3 Å². The first-order valence-electron chi connectivity index (χ1n) is 8.11. The van der Waals surface area contributed by atoms with Crippen LogP contribution in [-0.2, 0) is 6.42 Å². The van der Waals surface area contributed by atoms with E-state index < -0.39 is 0 Å². The zero-order valence-corrected chi connectivity index (χ0v) is 14.2. The highest BCUT2D eigenvalue weighted by Crippen LogP contribution is 2.21. The summed E-state index contributed by atoms with van der Waals surface area (Å²) in [6.45, 7) is 2.07. The lowest BCUT2D eigenvalue weighted by Crippen LogP contribution is -2.48. The van der Waals surface area contributed by atoms with E-state index in [2.05, 4.69) is 15.2 Å². The second kappa shape index (κ2) is 7.72. The summed E-state index contributed by atoms with van der Waals surface area (Å²) < 4.78 is 13.4. The number of nitrogens with zero attached hydrogens (tertiary/aromatic N) is 2. The van der Waals surface area contributed by atoms with E-state index in [0.717, 1.165) is 30.1 Å². The van der Waals surface area contributed by atoms with Crippen molar-refractivity contribution in [3.63, 3.8) is 0 Å². The average molecular weight is 348 g/mol. The van der Waals surface area contributed by atoms with E-state index >= 15 is 0 Å². The van der Waals surface area contributed by atoms with Crippen molar-refractivity contribution in [3.05, 3.63) is 46.2 Å². The number of amides is 1. The van der Waals surface area contributed by atoms with Crippen LogP contribution in [0.25, 0.3) is 0 Å². The fourth-order valence-electron chi connectivity index (χ4n) is 2.92. The third kappa shape index (κ3) is 4.10. The SMILES string of the molecule is NCCc1nc(C(=O)NC2CCCN(c3cccc(F)c3)C2)cs1. The molecule has 1 amide bonds. The van der Waals surface area contributed by atoms with Crippen molar-refractivity contribution in [3.8, 4) is 0 Å². The van der Waals surface area contributed by atoms with Crippen LogP contribution in [0.3, 0.4) is 0 Å². The number of carbonyl (C=O) groups excluding carboxylic acids is 1. The normalized spacial score (nSPS) is 17.8. The van der Waals surface area contributed by atoms with Gasteiger partial charge < -0.3 is 16.0 Å². The summed E-state index contributed by atoms with van der Waals surface area (Å²) in [5.74, 6) is -0.394. The maximum absolute atomic E-state index is 13.4. The number of halogens is 1. The molecule has 2 aromatic rings. The lowest BCUT2D eigenvalue weighted by atomic mass is 10.0.